The van der Waals surface area contributed by atoms with Gasteiger partial charge in [0.05, 0.1) is 22.7 Å². The Morgan fingerprint density at radius 3 is 2.86 bits per heavy atom. The van der Waals surface area contributed by atoms with Crippen LogP contribution in [0.15, 0.2) is 34.7 Å². The summed E-state index contributed by atoms with van der Waals surface area (Å²) in [4.78, 5) is 15.1. The van der Waals surface area contributed by atoms with E-state index in [1.165, 1.54) is 38.4 Å². The van der Waals surface area contributed by atoms with Crippen molar-refractivity contribution in [3.05, 3.63) is 56.9 Å². The molecule has 3 aromatic rings. The van der Waals surface area contributed by atoms with Gasteiger partial charge in [-0.2, -0.15) is 5.26 Å². The van der Waals surface area contributed by atoms with Gasteiger partial charge >= 0.3 is 0 Å². The third kappa shape index (κ3) is 4.85. The van der Waals surface area contributed by atoms with Gasteiger partial charge in [0.25, 0.3) is 0 Å². The van der Waals surface area contributed by atoms with Gasteiger partial charge in [0.15, 0.2) is 4.34 Å². The van der Waals surface area contributed by atoms with Crippen LogP contribution in [0, 0.1) is 18.3 Å². The van der Waals surface area contributed by atoms with Gasteiger partial charge in [0.2, 0.25) is 5.91 Å². The number of nitrogens with zero attached hydrogens (tertiary/aromatic N) is 3. The summed E-state index contributed by atoms with van der Waals surface area (Å²) in [5.41, 5.74) is 3.06. The Morgan fingerprint density at radius 2 is 2.14 bits per heavy atom. The van der Waals surface area contributed by atoms with Crippen LogP contribution >= 0.6 is 34.4 Å². The summed E-state index contributed by atoms with van der Waals surface area (Å²) in [6.45, 7) is 4.74. The van der Waals surface area contributed by atoms with E-state index in [1.807, 2.05) is 13.0 Å². The van der Waals surface area contributed by atoms with Crippen LogP contribution in [0.4, 0.5) is 5.00 Å². The number of carbonyl (C=O) groups excluding carboxylic acids is 1. The van der Waals surface area contributed by atoms with Crippen LogP contribution < -0.4 is 10.2 Å². The molecule has 6 nitrogen and oxygen atoms in total. The average Bonchev–Trinajstić information content (AvgIpc) is 3.29. The van der Waals surface area contributed by atoms with E-state index < -0.39 is 0 Å². The van der Waals surface area contributed by atoms with E-state index in [2.05, 4.69) is 45.8 Å². The van der Waals surface area contributed by atoms with Crippen LogP contribution in [0.25, 0.3) is 0 Å². The number of hydrogen-bond donors (Lipinski definition) is 2. The monoisotopic (exact) mass is 442 g/mol. The molecule has 0 radical (unpaired) electrons. The molecule has 0 aliphatic carbocycles. The second kappa shape index (κ2) is 9.05. The molecule has 0 fully saturated rings. The Hall–Kier alpha value is -2.25. The number of aryl methyl sites for hydroxylation is 1. The molecule has 0 spiro atoms. The predicted octanol–water partition coefficient (Wildman–Crippen LogP) is 2.65. The number of thiophene rings is 1. The van der Waals surface area contributed by atoms with E-state index in [1.54, 1.807) is 11.3 Å². The fraction of sp³-hybridized carbons (Fsp3) is 0.300. The van der Waals surface area contributed by atoms with Crippen molar-refractivity contribution in [2.24, 2.45) is 0 Å². The molecule has 1 aliphatic rings. The largest absolute Gasteiger partial charge is 0.326 e. The highest BCUT2D eigenvalue weighted by molar-refractivity contribution is 8.01. The quantitative estimate of drug-likeness (QED) is 0.574. The Kier molecular flexibility index (Phi) is 6.25. The number of thioether (sulfide) groups is 1. The summed E-state index contributed by atoms with van der Waals surface area (Å²) < 4.78 is 0.781. The second-order valence-electron chi connectivity index (χ2n) is 6.83. The molecule has 9 heteroatoms. The van der Waals surface area contributed by atoms with Gasteiger partial charge in [-0.3, -0.25) is 4.79 Å². The molecular weight excluding hydrogens is 422 g/mol. The molecule has 3 heterocycles. The Balaban J connectivity index is 1.41. The zero-order chi connectivity index (χ0) is 20.2. The van der Waals surface area contributed by atoms with Crippen LogP contribution in [0.3, 0.4) is 0 Å². The van der Waals surface area contributed by atoms with Crippen molar-refractivity contribution < 1.29 is 9.69 Å². The van der Waals surface area contributed by atoms with Crippen molar-refractivity contribution in [3.8, 4) is 6.07 Å². The molecular formula is C20H20N5OS3+. The number of hydrogen-bond acceptors (Lipinski definition) is 7. The van der Waals surface area contributed by atoms with Crippen LogP contribution in [0.5, 0.6) is 0 Å². The summed E-state index contributed by atoms with van der Waals surface area (Å²) in [6, 6.07) is 12.8. The number of rotatable bonds is 6. The topological polar surface area (TPSA) is 83.1 Å². The van der Waals surface area contributed by atoms with Gasteiger partial charge in [-0.1, -0.05) is 53.4 Å². The Morgan fingerprint density at radius 1 is 1.31 bits per heavy atom. The maximum atomic E-state index is 12.4. The lowest BCUT2D eigenvalue weighted by Crippen LogP contribution is -3.10. The number of quaternary nitrogens is 1. The number of carbonyl (C=O) groups is 1. The van der Waals surface area contributed by atoms with E-state index in [-0.39, 0.29) is 11.7 Å². The number of aromatic nitrogens is 2. The lowest BCUT2D eigenvalue weighted by molar-refractivity contribution is -0.929. The first-order valence-electron chi connectivity index (χ1n) is 9.27. The second-order valence-corrected chi connectivity index (χ2v) is 10.3. The highest BCUT2D eigenvalue weighted by Gasteiger charge is 2.27. The number of amides is 1. The summed E-state index contributed by atoms with van der Waals surface area (Å²) in [6.07, 6.45) is 0.867. The molecule has 4 rings (SSSR count). The van der Waals surface area contributed by atoms with E-state index in [0.717, 1.165) is 41.0 Å². The van der Waals surface area contributed by atoms with Gasteiger partial charge in [-0.25, -0.2) is 0 Å². The number of benzene rings is 1. The van der Waals surface area contributed by atoms with Gasteiger partial charge in [-0.15, -0.1) is 21.5 Å². The predicted molar refractivity (Wildman–Crippen MR) is 116 cm³/mol. The molecule has 0 bridgehead atoms. The van der Waals surface area contributed by atoms with Crippen LogP contribution in [0.1, 0.15) is 26.6 Å². The third-order valence-corrected chi connectivity index (χ3v) is 7.85. The van der Waals surface area contributed by atoms with E-state index in [9.17, 15) is 10.1 Å². The van der Waals surface area contributed by atoms with Gasteiger partial charge < -0.3 is 10.2 Å². The Labute approximate surface area is 181 Å². The molecule has 2 aromatic heterocycles. The number of nitrogens with one attached hydrogen (secondary N) is 2. The van der Waals surface area contributed by atoms with Crippen molar-refractivity contribution in [3.63, 3.8) is 0 Å². The molecule has 29 heavy (non-hydrogen) atoms. The third-order valence-electron chi connectivity index (χ3n) is 4.73. The first-order valence-corrected chi connectivity index (χ1v) is 11.9. The van der Waals surface area contributed by atoms with E-state index in [4.69, 9.17) is 0 Å². The number of fused-ring (bicyclic) bond motifs is 1. The van der Waals surface area contributed by atoms with Crippen molar-refractivity contribution >= 4 is 45.3 Å². The smallest absolute Gasteiger partial charge is 0.235 e. The summed E-state index contributed by atoms with van der Waals surface area (Å²) >= 11 is 4.39. The van der Waals surface area contributed by atoms with Gasteiger partial charge in [0, 0.05) is 12.0 Å². The fourth-order valence-electron chi connectivity index (χ4n) is 3.41. The van der Waals surface area contributed by atoms with Crippen molar-refractivity contribution in [2.75, 3.05) is 17.6 Å². The molecule has 1 aromatic carbocycles. The number of anilines is 1. The molecule has 0 saturated carbocycles. The lowest BCUT2D eigenvalue weighted by Gasteiger charge is -2.23. The first kappa shape index (κ1) is 20.0. The van der Waals surface area contributed by atoms with E-state index >= 15 is 0 Å². The van der Waals surface area contributed by atoms with Crippen LogP contribution in [-0.4, -0.2) is 28.4 Å². The Bertz CT molecular complexity index is 1050. The molecule has 1 atom stereocenters. The summed E-state index contributed by atoms with van der Waals surface area (Å²) in [7, 11) is 0. The minimum absolute atomic E-state index is 0.119. The highest BCUT2D eigenvalue weighted by atomic mass is 32.2. The highest BCUT2D eigenvalue weighted by Crippen LogP contribution is 2.34. The molecule has 1 aliphatic heterocycles. The van der Waals surface area contributed by atoms with Crippen molar-refractivity contribution in [1.82, 2.24) is 10.2 Å². The van der Waals surface area contributed by atoms with Crippen molar-refractivity contribution in [1.29, 1.82) is 5.26 Å². The maximum absolute atomic E-state index is 12.4. The van der Waals surface area contributed by atoms with Crippen molar-refractivity contribution in [2.45, 2.75) is 30.8 Å². The minimum atomic E-state index is -0.119. The normalized spacial score (nSPS) is 15.5. The van der Waals surface area contributed by atoms with Gasteiger partial charge in [0.1, 0.15) is 29.2 Å². The summed E-state index contributed by atoms with van der Waals surface area (Å²) in [5.74, 6) is 0.138. The minimum Gasteiger partial charge on any atom is -0.326 e. The fourth-order valence-corrected chi connectivity index (χ4v) is 6.31. The SMILES string of the molecule is Cc1nnc(SCC(=O)Nc2sc3c(c2C#N)CC[NH+](Cc2ccccc2)C3)s1. The zero-order valence-electron chi connectivity index (χ0n) is 15.9. The van der Waals surface area contributed by atoms with Crippen LogP contribution in [-0.2, 0) is 24.3 Å². The molecule has 1 amide bonds. The van der Waals surface area contributed by atoms with Gasteiger partial charge in [-0.05, 0) is 12.5 Å². The molecule has 0 saturated heterocycles. The number of nitriles is 1. The lowest BCUT2D eigenvalue weighted by atomic mass is 10.0. The molecule has 1 unspecified atom stereocenters. The standard InChI is InChI=1S/C20H19N5OS3/c1-13-23-24-20(28-13)27-12-18(26)22-19-16(9-21)15-7-8-25(11-17(15)29-19)10-14-5-3-2-4-6-14/h2-6H,7-8,10-12H2,1H3,(H,22,26)/p+1. The molecule has 2 N–H and O–H groups in total. The maximum Gasteiger partial charge on any atom is 0.235 e. The van der Waals surface area contributed by atoms with Crippen LogP contribution in [0.2, 0.25) is 0 Å². The first-order chi connectivity index (χ1) is 14.1. The summed E-state index contributed by atoms with van der Waals surface area (Å²) in [5, 5.41) is 22.2. The average molecular weight is 443 g/mol. The van der Waals surface area contributed by atoms with E-state index in [0.29, 0.717) is 10.6 Å². The molecule has 148 valence electrons. The zero-order valence-corrected chi connectivity index (χ0v) is 18.3.